The maximum absolute atomic E-state index is 12.7. The van der Waals surface area contributed by atoms with Gasteiger partial charge < -0.3 is 15.4 Å². The van der Waals surface area contributed by atoms with Crippen molar-refractivity contribution in [2.24, 2.45) is 0 Å². The lowest BCUT2D eigenvalue weighted by Gasteiger charge is -2.25. The standard InChI is InChI=1S/C23H19BrN2O3/c24-17-7-11-19(12-8-17)25-22(27)16-5-9-18(10-6-16)26-23(28)21-20-4-2-1-3-15(20)13-14-29-21/h1-12,21H,13-14H2,(H,25,27)(H,26,28)/t21-/m0/s1. The van der Waals surface area contributed by atoms with E-state index < -0.39 is 6.10 Å². The lowest BCUT2D eigenvalue weighted by atomic mass is 9.97. The van der Waals surface area contributed by atoms with Crippen LogP contribution < -0.4 is 10.6 Å². The third-order valence-corrected chi connectivity index (χ3v) is 5.28. The van der Waals surface area contributed by atoms with Crippen LogP contribution in [0.4, 0.5) is 11.4 Å². The Morgan fingerprint density at radius 3 is 2.28 bits per heavy atom. The molecule has 0 spiro atoms. The van der Waals surface area contributed by atoms with Gasteiger partial charge in [0.15, 0.2) is 6.10 Å². The molecule has 2 amide bonds. The summed E-state index contributed by atoms with van der Waals surface area (Å²) in [5.41, 5.74) is 3.87. The van der Waals surface area contributed by atoms with Crippen LogP contribution in [0.2, 0.25) is 0 Å². The van der Waals surface area contributed by atoms with Crippen LogP contribution in [0.25, 0.3) is 0 Å². The molecule has 5 nitrogen and oxygen atoms in total. The smallest absolute Gasteiger partial charge is 0.258 e. The molecule has 1 heterocycles. The highest BCUT2D eigenvalue weighted by Gasteiger charge is 2.27. The Labute approximate surface area is 177 Å². The predicted molar refractivity (Wildman–Crippen MR) is 116 cm³/mol. The van der Waals surface area contributed by atoms with E-state index in [0.29, 0.717) is 23.5 Å². The summed E-state index contributed by atoms with van der Waals surface area (Å²) < 4.78 is 6.64. The van der Waals surface area contributed by atoms with Crippen molar-refractivity contribution in [2.45, 2.75) is 12.5 Å². The molecule has 146 valence electrons. The molecule has 0 unspecified atom stereocenters. The van der Waals surface area contributed by atoms with Crippen LogP contribution in [0.5, 0.6) is 0 Å². The summed E-state index contributed by atoms with van der Waals surface area (Å²) in [6.07, 6.45) is 0.183. The van der Waals surface area contributed by atoms with E-state index >= 15 is 0 Å². The summed E-state index contributed by atoms with van der Waals surface area (Å²) in [6, 6.07) is 22.0. The predicted octanol–water partition coefficient (Wildman–Crippen LogP) is 4.95. The molecule has 0 saturated heterocycles. The van der Waals surface area contributed by atoms with Crippen LogP contribution in [-0.2, 0) is 16.0 Å². The van der Waals surface area contributed by atoms with Crippen LogP contribution in [-0.4, -0.2) is 18.4 Å². The molecule has 1 atom stereocenters. The van der Waals surface area contributed by atoms with Gasteiger partial charge in [-0.2, -0.15) is 0 Å². The number of carbonyl (C=O) groups is 2. The minimum atomic E-state index is -0.625. The van der Waals surface area contributed by atoms with E-state index in [-0.39, 0.29) is 11.8 Å². The SMILES string of the molecule is O=C(Nc1ccc(Br)cc1)c1ccc(NC(=O)[C@H]2OCCc3ccccc32)cc1. The number of nitrogens with one attached hydrogen (secondary N) is 2. The number of halogens is 1. The minimum Gasteiger partial charge on any atom is -0.363 e. The second kappa shape index (κ2) is 8.59. The normalized spacial score (nSPS) is 15.3. The topological polar surface area (TPSA) is 67.4 Å². The Balaban J connectivity index is 1.41. The first-order valence-electron chi connectivity index (χ1n) is 9.27. The van der Waals surface area contributed by atoms with Gasteiger partial charge in [-0.15, -0.1) is 0 Å². The number of benzene rings is 3. The van der Waals surface area contributed by atoms with Gasteiger partial charge in [0.05, 0.1) is 6.61 Å². The molecule has 0 saturated carbocycles. The lowest BCUT2D eigenvalue weighted by molar-refractivity contribution is -0.128. The summed E-state index contributed by atoms with van der Waals surface area (Å²) >= 11 is 3.37. The number of rotatable bonds is 4. The first-order chi connectivity index (χ1) is 14.1. The average molecular weight is 451 g/mol. The third kappa shape index (κ3) is 4.55. The quantitative estimate of drug-likeness (QED) is 0.590. The van der Waals surface area contributed by atoms with Gasteiger partial charge in [0.25, 0.3) is 11.8 Å². The molecule has 1 aliphatic rings. The summed E-state index contributed by atoms with van der Waals surface area (Å²) in [5.74, 6) is -0.432. The monoisotopic (exact) mass is 450 g/mol. The number of anilines is 2. The first kappa shape index (κ1) is 19.4. The molecule has 0 aromatic heterocycles. The van der Waals surface area contributed by atoms with E-state index in [1.807, 2.05) is 48.5 Å². The van der Waals surface area contributed by atoms with E-state index in [4.69, 9.17) is 4.74 Å². The van der Waals surface area contributed by atoms with Crippen LogP contribution >= 0.6 is 15.9 Å². The fourth-order valence-electron chi connectivity index (χ4n) is 3.26. The molecule has 3 aromatic carbocycles. The van der Waals surface area contributed by atoms with Gasteiger partial charge in [0.1, 0.15) is 0 Å². The maximum Gasteiger partial charge on any atom is 0.258 e. The molecule has 0 bridgehead atoms. The number of hydrogen-bond donors (Lipinski definition) is 2. The zero-order valence-electron chi connectivity index (χ0n) is 15.5. The Morgan fingerprint density at radius 2 is 1.52 bits per heavy atom. The molecule has 3 aromatic rings. The van der Waals surface area contributed by atoms with Crippen molar-refractivity contribution in [1.82, 2.24) is 0 Å². The summed E-state index contributed by atoms with van der Waals surface area (Å²) in [7, 11) is 0. The van der Waals surface area contributed by atoms with Gasteiger partial charge in [-0.05, 0) is 66.1 Å². The van der Waals surface area contributed by atoms with Crippen molar-refractivity contribution in [2.75, 3.05) is 17.2 Å². The zero-order chi connectivity index (χ0) is 20.2. The van der Waals surface area contributed by atoms with E-state index in [0.717, 1.165) is 22.0 Å². The Morgan fingerprint density at radius 1 is 0.862 bits per heavy atom. The second-order valence-corrected chi connectivity index (χ2v) is 7.64. The first-order valence-corrected chi connectivity index (χ1v) is 10.1. The second-order valence-electron chi connectivity index (χ2n) is 6.73. The number of carbonyl (C=O) groups excluding carboxylic acids is 2. The highest BCUT2D eigenvalue weighted by molar-refractivity contribution is 9.10. The highest BCUT2D eigenvalue weighted by atomic mass is 79.9. The van der Waals surface area contributed by atoms with Gasteiger partial charge in [-0.25, -0.2) is 0 Å². The number of fused-ring (bicyclic) bond motifs is 1. The molecule has 0 radical (unpaired) electrons. The molecule has 0 aliphatic carbocycles. The summed E-state index contributed by atoms with van der Waals surface area (Å²) in [4.78, 5) is 25.1. The van der Waals surface area contributed by atoms with Gasteiger partial charge >= 0.3 is 0 Å². The van der Waals surface area contributed by atoms with Crippen LogP contribution in [0.1, 0.15) is 27.6 Å². The van der Waals surface area contributed by atoms with E-state index in [2.05, 4.69) is 26.6 Å². The minimum absolute atomic E-state index is 0.213. The van der Waals surface area contributed by atoms with Gasteiger partial charge in [0, 0.05) is 21.4 Å². The maximum atomic E-state index is 12.7. The third-order valence-electron chi connectivity index (χ3n) is 4.75. The van der Waals surface area contributed by atoms with E-state index in [1.165, 1.54) is 0 Å². The molecule has 29 heavy (non-hydrogen) atoms. The molecular weight excluding hydrogens is 432 g/mol. The van der Waals surface area contributed by atoms with Gasteiger partial charge in [-0.1, -0.05) is 40.2 Å². The number of ether oxygens (including phenoxy) is 1. The Bertz CT molecular complexity index is 1030. The largest absolute Gasteiger partial charge is 0.363 e. The van der Waals surface area contributed by atoms with E-state index in [9.17, 15) is 9.59 Å². The van der Waals surface area contributed by atoms with Gasteiger partial charge in [-0.3, -0.25) is 9.59 Å². The molecule has 0 fully saturated rings. The van der Waals surface area contributed by atoms with Crippen molar-refractivity contribution in [3.63, 3.8) is 0 Å². The van der Waals surface area contributed by atoms with Gasteiger partial charge in [0.2, 0.25) is 0 Å². The fraction of sp³-hybridized carbons (Fsp3) is 0.130. The lowest BCUT2D eigenvalue weighted by Crippen LogP contribution is -2.28. The summed E-state index contributed by atoms with van der Waals surface area (Å²) in [6.45, 7) is 0.518. The number of amides is 2. The van der Waals surface area contributed by atoms with Crippen molar-refractivity contribution in [3.8, 4) is 0 Å². The highest BCUT2D eigenvalue weighted by Crippen LogP contribution is 2.28. The molecule has 1 aliphatic heterocycles. The van der Waals surface area contributed by atoms with Crippen LogP contribution in [0, 0.1) is 0 Å². The number of hydrogen-bond acceptors (Lipinski definition) is 3. The van der Waals surface area contributed by atoms with Crippen molar-refractivity contribution < 1.29 is 14.3 Å². The molecule has 4 rings (SSSR count). The Hall–Kier alpha value is -2.96. The van der Waals surface area contributed by atoms with E-state index in [1.54, 1.807) is 24.3 Å². The average Bonchev–Trinajstić information content (AvgIpc) is 2.75. The van der Waals surface area contributed by atoms with Crippen LogP contribution in [0.3, 0.4) is 0 Å². The molecular formula is C23H19BrN2O3. The van der Waals surface area contributed by atoms with Crippen LogP contribution in [0.15, 0.2) is 77.3 Å². The molecule has 2 N–H and O–H groups in total. The summed E-state index contributed by atoms with van der Waals surface area (Å²) in [5, 5.41) is 5.71. The zero-order valence-corrected chi connectivity index (χ0v) is 17.1. The fourth-order valence-corrected chi connectivity index (χ4v) is 3.52. The van der Waals surface area contributed by atoms with Crippen molar-refractivity contribution >= 4 is 39.1 Å². The molecule has 6 heteroatoms. The van der Waals surface area contributed by atoms with Crippen molar-refractivity contribution in [3.05, 3.63) is 94.0 Å². The van der Waals surface area contributed by atoms with Crippen molar-refractivity contribution in [1.29, 1.82) is 0 Å². The Kier molecular flexibility index (Phi) is 5.74.